The minimum atomic E-state index is -4.79. The Morgan fingerprint density at radius 2 is 1.90 bits per heavy atom. The molecule has 0 unspecified atom stereocenters. The van der Waals surface area contributed by atoms with Crippen molar-refractivity contribution in [2.45, 2.75) is 20.2 Å². The zero-order chi connectivity index (χ0) is 23.2. The monoisotopic (exact) mass is 431 g/mol. The summed E-state index contributed by atoms with van der Waals surface area (Å²) in [5.41, 5.74) is 2.82. The van der Waals surface area contributed by atoms with Crippen LogP contribution in [-0.4, -0.2) is 33.2 Å². The van der Waals surface area contributed by atoms with Gasteiger partial charge in [0.15, 0.2) is 0 Å². The predicted octanol–water partition coefficient (Wildman–Crippen LogP) is 5.07. The van der Waals surface area contributed by atoms with Crippen molar-refractivity contribution in [3.8, 4) is 34.8 Å². The van der Waals surface area contributed by atoms with E-state index < -0.39 is 12.5 Å². The first-order valence-electron chi connectivity index (χ1n) is 9.00. The van der Waals surface area contributed by atoms with Gasteiger partial charge in [-0.1, -0.05) is 18.1 Å². The van der Waals surface area contributed by atoms with Crippen LogP contribution in [0.3, 0.4) is 0 Å². The Kier molecular flexibility index (Phi) is 7.38. The first-order chi connectivity index (χ1) is 14.6. The summed E-state index contributed by atoms with van der Waals surface area (Å²) in [5, 5.41) is 12.3. The van der Waals surface area contributed by atoms with Gasteiger partial charge in [0.25, 0.3) is 0 Å². The molecule has 0 bridgehead atoms. The summed E-state index contributed by atoms with van der Waals surface area (Å²) in [6.45, 7) is 3.80. The van der Waals surface area contributed by atoms with Crippen LogP contribution in [0.5, 0.6) is 5.75 Å². The van der Waals surface area contributed by atoms with E-state index in [1.54, 1.807) is 31.9 Å². The van der Waals surface area contributed by atoms with Gasteiger partial charge in [-0.15, -0.1) is 19.1 Å². The molecule has 6 nitrogen and oxygen atoms in total. The molecule has 0 heterocycles. The van der Waals surface area contributed by atoms with Crippen LogP contribution in [0.15, 0.2) is 30.3 Å². The Hall–Kier alpha value is -3.85. The fourth-order valence-corrected chi connectivity index (χ4v) is 3.03. The van der Waals surface area contributed by atoms with Gasteiger partial charge in [-0.25, -0.2) is 4.79 Å². The molecular formula is C22H20F3N3O3. The van der Waals surface area contributed by atoms with Crippen molar-refractivity contribution < 1.29 is 27.4 Å². The molecule has 0 aliphatic carbocycles. The normalized spacial score (nSPS) is 10.4. The van der Waals surface area contributed by atoms with Crippen molar-refractivity contribution in [2.75, 3.05) is 30.9 Å². The average molecular weight is 431 g/mol. The molecule has 0 aliphatic rings. The van der Waals surface area contributed by atoms with Gasteiger partial charge in [-0.05, 0) is 48.7 Å². The van der Waals surface area contributed by atoms with E-state index in [2.05, 4.69) is 32.7 Å². The minimum Gasteiger partial charge on any atom is -0.453 e. The van der Waals surface area contributed by atoms with Gasteiger partial charge in [0.2, 0.25) is 0 Å². The highest BCUT2D eigenvalue weighted by atomic mass is 19.4. The number of hydrogen-bond acceptors (Lipinski definition) is 5. The highest BCUT2D eigenvalue weighted by molar-refractivity contribution is 5.93. The van der Waals surface area contributed by atoms with Crippen molar-refractivity contribution >= 4 is 17.5 Å². The van der Waals surface area contributed by atoms with Crippen LogP contribution in [0, 0.1) is 30.1 Å². The number of amides is 1. The molecular weight excluding hydrogens is 411 g/mol. The number of anilines is 2. The van der Waals surface area contributed by atoms with E-state index in [0.29, 0.717) is 28.9 Å². The van der Waals surface area contributed by atoms with Crippen molar-refractivity contribution in [3.05, 3.63) is 41.5 Å². The number of methoxy groups -OCH3 is 1. The van der Waals surface area contributed by atoms with E-state index in [0.717, 1.165) is 0 Å². The molecule has 0 radical (unpaired) electrons. The van der Waals surface area contributed by atoms with Gasteiger partial charge < -0.3 is 14.4 Å². The second-order valence-corrected chi connectivity index (χ2v) is 6.40. The summed E-state index contributed by atoms with van der Waals surface area (Å²) in [6, 6.07) is 9.00. The van der Waals surface area contributed by atoms with Crippen molar-refractivity contribution in [2.24, 2.45) is 0 Å². The van der Waals surface area contributed by atoms with Crippen LogP contribution < -0.4 is 15.0 Å². The Morgan fingerprint density at radius 3 is 2.42 bits per heavy atom. The Bertz CT molecular complexity index is 1060. The molecule has 2 aromatic rings. The molecule has 0 fully saturated rings. The van der Waals surface area contributed by atoms with Crippen LogP contribution in [0.2, 0.25) is 0 Å². The second kappa shape index (κ2) is 9.77. The van der Waals surface area contributed by atoms with Crippen LogP contribution in [0.4, 0.5) is 29.3 Å². The van der Waals surface area contributed by atoms with Crippen LogP contribution in [0.1, 0.15) is 18.1 Å². The van der Waals surface area contributed by atoms with Crippen LogP contribution in [-0.2, 0) is 4.74 Å². The average Bonchev–Trinajstić information content (AvgIpc) is 2.72. The van der Waals surface area contributed by atoms with E-state index in [-0.39, 0.29) is 17.0 Å². The maximum atomic E-state index is 12.4. The molecule has 2 aromatic carbocycles. The second-order valence-electron chi connectivity index (χ2n) is 6.40. The highest BCUT2D eigenvalue weighted by Crippen LogP contribution is 2.39. The van der Waals surface area contributed by atoms with Crippen molar-refractivity contribution in [1.82, 2.24) is 0 Å². The zero-order valence-electron chi connectivity index (χ0n) is 17.3. The number of ether oxygens (including phenoxy) is 2. The first-order valence-corrected chi connectivity index (χ1v) is 9.00. The largest absolute Gasteiger partial charge is 0.573 e. The molecule has 1 N–H and O–H groups in total. The number of nitrogens with one attached hydrogen (secondary N) is 1. The van der Waals surface area contributed by atoms with E-state index >= 15 is 0 Å². The number of alkyl halides is 3. The fraction of sp³-hybridized carbons (Fsp3) is 0.273. The van der Waals surface area contributed by atoms with Crippen LogP contribution >= 0.6 is 0 Å². The summed E-state index contributed by atoms with van der Waals surface area (Å²) in [5.74, 6) is 5.34. The quantitative estimate of drug-likeness (QED) is 0.669. The summed E-state index contributed by atoms with van der Waals surface area (Å²) in [7, 11) is 2.94. The number of nitriles is 1. The summed E-state index contributed by atoms with van der Waals surface area (Å²) >= 11 is 0. The fourth-order valence-electron chi connectivity index (χ4n) is 3.03. The van der Waals surface area contributed by atoms with Gasteiger partial charge in [-0.3, -0.25) is 5.32 Å². The topological polar surface area (TPSA) is 74.6 Å². The molecule has 0 saturated heterocycles. The van der Waals surface area contributed by atoms with Crippen molar-refractivity contribution in [1.29, 1.82) is 5.26 Å². The Balaban J connectivity index is 2.65. The number of nitrogens with zero attached hydrogens (tertiary/aromatic N) is 2. The molecule has 0 aromatic heterocycles. The molecule has 31 heavy (non-hydrogen) atoms. The number of hydrogen-bond donors (Lipinski definition) is 1. The minimum absolute atomic E-state index is 0.205. The first kappa shape index (κ1) is 23.4. The lowest BCUT2D eigenvalue weighted by Gasteiger charge is -2.24. The molecule has 0 aliphatic heterocycles. The van der Waals surface area contributed by atoms with E-state index in [9.17, 15) is 23.2 Å². The molecule has 9 heteroatoms. The van der Waals surface area contributed by atoms with Gasteiger partial charge >= 0.3 is 12.5 Å². The van der Waals surface area contributed by atoms with E-state index in [4.69, 9.17) is 0 Å². The molecule has 0 atom stereocenters. The third kappa shape index (κ3) is 5.83. The number of halogens is 3. The number of carbonyl (C=O) groups excluding carboxylic acids is 1. The van der Waals surface area contributed by atoms with Gasteiger partial charge in [0.05, 0.1) is 30.6 Å². The summed E-state index contributed by atoms with van der Waals surface area (Å²) < 4.78 is 45.9. The predicted molar refractivity (Wildman–Crippen MR) is 111 cm³/mol. The third-order valence-electron chi connectivity index (χ3n) is 4.36. The Morgan fingerprint density at radius 1 is 1.26 bits per heavy atom. The SMILES string of the molecule is CC#CCN(C)c1c(C)c(-c2ccc(OC(F)(F)F)cc2)cc(NC(=O)OC)c1C#N. The third-order valence-corrected chi connectivity index (χ3v) is 4.36. The molecule has 0 saturated carbocycles. The maximum absolute atomic E-state index is 12.4. The van der Waals surface area contributed by atoms with Crippen molar-refractivity contribution in [3.63, 3.8) is 0 Å². The van der Waals surface area contributed by atoms with Gasteiger partial charge in [0, 0.05) is 7.05 Å². The van der Waals surface area contributed by atoms with Gasteiger partial charge in [-0.2, -0.15) is 5.26 Å². The number of carbonyl (C=O) groups is 1. The van der Waals surface area contributed by atoms with Crippen LogP contribution in [0.25, 0.3) is 11.1 Å². The summed E-state index contributed by atoms with van der Waals surface area (Å²) in [6.07, 6.45) is -5.55. The molecule has 162 valence electrons. The van der Waals surface area contributed by atoms with E-state index in [1.807, 2.05) is 0 Å². The zero-order valence-corrected chi connectivity index (χ0v) is 17.3. The summed E-state index contributed by atoms with van der Waals surface area (Å²) in [4.78, 5) is 13.6. The van der Waals surface area contributed by atoms with E-state index in [1.165, 1.54) is 31.4 Å². The molecule has 2 rings (SSSR count). The Labute approximate surface area is 178 Å². The molecule has 1 amide bonds. The lowest BCUT2D eigenvalue weighted by Crippen LogP contribution is -2.21. The lowest BCUT2D eigenvalue weighted by molar-refractivity contribution is -0.274. The lowest BCUT2D eigenvalue weighted by atomic mass is 9.94. The highest BCUT2D eigenvalue weighted by Gasteiger charge is 2.31. The van der Waals surface area contributed by atoms with Gasteiger partial charge in [0.1, 0.15) is 11.8 Å². The standard InChI is InChI=1S/C22H20F3N3O3/c1-5-6-11-28(3)20-14(2)17(12-19(18(20)13-26)27-21(29)30-4)15-7-9-16(10-8-15)31-22(23,24)25/h7-10,12H,11H2,1-4H3,(H,27,29). The number of rotatable bonds is 5. The molecule has 0 spiro atoms. The maximum Gasteiger partial charge on any atom is 0.573 e. The number of benzene rings is 2. The smallest absolute Gasteiger partial charge is 0.453 e.